The van der Waals surface area contributed by atoms with Gasteiger partial charge in [-0.15, -0.1) is 0 Å². The zero-order valence-electron chi connectivity index (χ0n) is 17.2. The number of benzene rings is 2. The van der Waals surface area contributed by atoms with Crippen molar-refractivity contribution in [1.29, 1.82) is 0 Å². The average molecular weight is 392 g/mol. The van der Waals surface area contributed by atoms with Crippen molar-refractivity contribution in [2.45, 2.75) is 32.3 Å². The van der Waals surface area contributed by atoms with Crippen LogP contribution in [0.1, 0.15) is 48.2 Å². The van der Waals surface area contributed by atoms with Crippen molar-refractivity contribution in [2.24, 2.45) is 0 Å². The number of carbonyl (C=O) groups excluding carboxylic acids is 1. The van der Waals surface area contributed by atoms with Crippen LogP contribution in [0.25, 0.3) is 5.57 Å². The fraction of sp³-hybridized carbons (Fsp3) is 0.375. The summed E-state index contributed by atoms with van der Waals surface area (Å²) in [5.41, 5.74) is 10.4. The van der Waals surface area contributed by atoms with Crippen LogP contribution in [0, 0.1) is 0 Å². The molecule has 3 N–H and O–H groups in total. The number of nitrogens with zero attached hydrogens (tertiary/aromatic N) is 1. The quantitative estimate of drug-likeness (QED) is 0.780. The van der Waals surface area contributed by atoms with Crippen LogP contribution in [0.2, 0.25) is 0 Å². The first-order valence-electron chi connectivity index (χ1n) is 10.5. The van der Waals surface area contributed by atoms with Gasteiger partial charge in [0.15, 0.2) is 0 Å². The number of nitrogens with one attached hydrogen (secondary N) is 1. The third-order valence-corrected chi connectivity index (χ3v) is 5.96. The lowest BCUT2D eigenvalue weighted by Gasteiger charge is -2.40. The Balaban J connectivity index is 1.73. The maximum absolute atomic E-state index is 12.6. The highest BCUT2D eigenvalue weighted by Gasteiger charge is 2.37. The Kier molecular flexibility index (Phi) is 5.33. The normalized spacial score (nSPS) is 17.2. The molecule has 2 aliphatic heterocycles. The summed E-state index contributed by atoms with van der Waals surface area (Å²) in [6.07, 6.45) is 4.12. The summed E-state index contributed by atoms with van der Waals surface area (Å²) >= 11 is 0. The second-order valence-corrected chi connectivity index (χ2v) is 7.79. The highest BCUT2D eigenvalue weighted by molar-refractivity contribution is 5.95. The molecule has 2 aromatic rings. The number of rotatable bonds is 4. The summed E-state index contributed by atoms with van der Waals surface area (Å²) in [5, 5.41) is 3.41. The largest absolute Gasteiger partial charge is 0.482 e. The Bertz CT molecular complexity index is 924. The molecule has 1 spiro atoms. The molecule has 1 amide bonds. The summed E-state index contributed by atoms with van der Waals surface area (Å²) in [6.45, 7) is 7.30. The van der Waals surface area contributed by atoms with E-state index in [9.17, 15) is 4.79 Å². The Morgan fingerprint density at radius 2 is 1.79 bits per heavy atom. The molecule has 0 aromatic heterocycles. The van der Waals surface area contributed by atoms with Crippen molar-refractivity contribution < 1.29 is 9.53 Å². The number of amides is 1. The van der Waals surface area contributed by atoms with E-state index in [4.69, 9.17) is 10.5 Å². The molecule has 0 aliphatic carbocycles. The molecule has 0 radical (unpaired) electrons. The predicted molar refractivity (Wildman–Crippen MR) is 117 cm³/mol. The van der Waals surface area contributed by atoms with Gasteiger partial charge in [-0.25, -0.2) is 0 Å². The van der Waals surface area contributed by atoms with Gasteiger partial charge in [0.05, 0.1) is 0 Å². The SMILES string of the molecule is CCN(CC)C(=O)c1ccc(C2=CC3(CCNCC3)Oc3ccc(N)cc32)cc1. The topological polar surface area (TPSA) is 67.6 Å². The molecule has 2 heterocycles. The molecular formula is C24H29N3O2. The van der Waals surface area contributed by atoms with E-state index in [1.54, 1.807) is 0 Å². The first-order valence-corrected chi connectivity index (χ1v) is 10.5. The number of ether oxygens (including phenoxy) is 1. The number of nitrogens with two attached hydrogens (primary N) is 1. The third kappa shape index (κ3) is 3.75. The number of hydrogen-bond donors (Lipinski definition) is 2. The van der Waals surface area contributed by atoms with Gasteiger partial charge < -0.3 is 20.7 Å². The van der Waals surface area contributed by atoms with Gasteiger partial charge in [0.2, 0.25) is 0 Å². The van der Waals surface area contributed by atoms with Crippen LogP contribution >= 0.6 is 0 Å². The second kappa shape index (κ2) is 7.91. The van der Waals surface area contributed by atoms with Crippen LogP contribution in [0.3, 0.4) is 0 Å². The molecule has 5 nitrogen and oxygen atoms in total. The van der Waals surface area contributed by atoms with Crippen LogP contribution in [-0.4, -0.2) is 42.6 Å². The second-order valence-electron chi connectivity index (χ2n) is 7.79. The average Bonchev–Trinajstić information content (AvgIpc) is 2.75. The molecule has 0 unspecified atom stereocenters. The van der Waals surface area contributed by atoms with Gasteiger partial charge in [-0.05, 0) is 74.5 Å². The number of nitrogen functional groups attached to an aromatic ring is 1. The molecule has 5 heteroatoms. The first kappa shape index (κ1) is 19.5. The summed E-state index contributed by atoms with van der Waals surface area (Å²) in [5.74, 6) is 0.948. The summed E-state index contributed by atoms with van der Waals surface area (Å²) < 4.78 is 6.46. The van der Waals surface area contributed by atoms with Crippen molar-refractivity contribution >= 4 is 17.2 Å². The molecule has 1 saturated heterocycles. The van der Waals surface area contributed by atoms with E-state index in [1.807, 2.05) is 61.2 Å². The van der Waals surface area contributed by atoms with Gasteiger partial charge in [0.1, 0.15) is 11.4 Å². The van der Waals surface area contributed by atoms with E-state index < -0.39 is 0 Å². The van der Waals surface area contributed by atoms with E-state index in [-0.39, 0.29) is 11.5 Å². The Hall–Kier alpha value is -2.79. The third-order valence-electron chi connectivity index (χ3n) is 5.96. The summed E-state index contributed by atoms with van der Waals surface area (Å²) in [6, 6.07) is 13.8. The van der Waals surface area contributed by atoms with Crippen molar-refractivity contribution in [3.05, 3.63) is 65.2 Å². The van der Waals surface area contributed by atoms with Crippen LogP contribution in [0.4, 0.5) is 5.69 Å². The molecule has 2 aromatic carbocycles. The molecule has 1 fully saturated rings. The van der Waals surface area contributed by atoms with Crippen LogP contribution in [-0.2, 0) is 0 Å². The molecule has 152 valence electrons. The lowest BCUT2D eigenvalue weighted by atomic mass is 9.83. The number of fused-ring (bicyclic) bond motifs is 1. The number of anilines is 1. The maximum atomic E-state index is 12.6. The highest BCUT2D eigenvalue weighted by Crippen LogP contribution is 2.43. The van der Waals surface area contributed by atoms with E-state index >= 15 is 0 Å². The summed E-state index contributed by atoms with van der Waals surface area (Å²) in [4.78, 5) is 14.5. The number of piperidine rings is 1. The minimum atomic E-state index is -0.292. The Labute approximate surface area is 172 Å². The van der Waals surface area contributed by atoms with Crippen molar-refractivity contribution in [3.8, 4) is 5.75 Å². The predicted octanol–water partition coefficient (Wildman–Crippen LogP) is 3.70. The van der Waals surface area contributed by atoms with E-state index in [0.717, 1.165) is 53.9 Å². The Morgan fingerprint density at radius 1 is 1.10 bits per heavy atom. The first-order chi connectivity index (χ1) is 14.0. The lowest BCUT2D eigenvalue weighted by molar-refractivity contribution is 0.0772. The van der Waals surface area contributed by atoms with Crippen molar-refractivity contribution in [3.63, 3.8) is 0 Å². The minimum absolute atomic E-state index is 0.0713. The fourth-order valence-corrected chi connectivity index (χ4v) is 4.26. The number of carbonyl (C=O) groups is 1. The maximum Gasteiger partial charge on any atom is 0.253 e. The molecule has 4 rings (SSSR count). The standard InChI is InChI=1S/C24H29N3O2/c1-3-27(4-2)23(28)18-7-5-17(6-8-18)21-16-24(11-13-26-14-12-24)29-22-10-9-19(25)15-20(21)22/h5-10,15-16,26H,3-4,11-14,25H2,1-2H3. The van der Waals surface area contributed by atoms with Crippen LogP contribution in [0.5, 0.6) is 5.75 Å². The molecule has 2 aliphatic rings. The Morgan fingerprint density at radius 3 is 2.45 bits per heavy atom. The van der Waals surface area contributed by atoms with Crippen LogP contribution in [0.15, 0.2) is 48.5 Å². The minimum Gasteiger partial charge on any atom is -0.482 e. The van der Waals surface area contributed by atoms with E-state index in [1.165, 1.54) is 0 Å². The summed E-state index contributed by atoms with van der Waals surface area (Å²) in [7, 11) is 0. The van der Waals surface area contributed by atoms with Gasteiger partial charge in [-0.2, -0.15) is 0 Å². The zero-order valence-corrected chi connectivity index (χ0v) is 17.2. The van der Waals surface area contributed by atoms with Gasteiger partial charge >= 0.3 is 0 Å². The smallest absolute Gasteiger partial charge is 0.253 e. The molecule has 0 atom stereocenters. The lowest BCUT2D eigenvalue weighted by Crippen LogP contribution is -2.46. The highest BCUT2D eigenvalue weighted by atomic mass is 16.5. The van der Waals surface area contributed by atoms with Crippen LogP contribution < -0.4 is 15.8 Å². The van der Waals surface area contributed by atoms with E-state index in [0.29, 0.717) is 18.8 Å². The van der Waals surface area contributed by atoms with Gasteiger partial charge in [-0.1, -0.05) is 12.1 Å². The monoisotopic (exact) mass is 391 g/mol. The molecule has 29 heavy (non-hydrogen) atoms. The molecule has 0 bridgehead atoms. The van der Waals surface area contributed by atoms with Crippen molar-refractivity contribution in [2.75, 3.05) is 31.9 Å². The molecular weight excluding hydrogens is 362 g/mol. The zero-order chi connectivity index (χ0) is 20.4. The van der Waals surface area contributed by atoms with E-state index in [2.05, 4.69) is 11.4 Å². The fourth-order valence-electron chi connectivity index (χ4n) is 4.26. The van der Waals surface area contributed by atoms with Gasteiger partial charge in [0.25, 0.3) is 5.91 Å². The van der Waals surface area contributed by atoms with Gasteiger partial charge in [0, 0.05) is 42.7 Å². The molecule has 0 saturated carbocycles. The van der Waals surface area contributed by atoms with Gasteiger partial charge in [-0.3, -0.25) is 4.79 Å². The van der Waals surface area contributed by atoms with Crippen molar-refractivity contribution in [1.82, 2.24) is 10.2 Å². The number of hydrogen-bond acceptors (Lipinski definition) is 4.